The van der Waals surface area contributed by atoms with Gasteiger partial charge in [-0.25, -0.2) is 9.97 Å². The molecule has 12 rings (SSSR count). The van der Waals surface area contributed by atoms with Crippen LogP contribution in [-0.2, 0) is 0 Å². The summed E-state index contributed by atoms with van der Waals surface area (Å²) in [5.41, 5.74) is 9.62. The van der Waals surface area contributed by atoms with Gasteiger partial charge < -0.3 is 8.83 Å². The van der Waals surface area contributed by atoms with E-state index in [9.17, 15) is 0 Å². The van der Waals surface area contributed by atoms with Gasteiger partial charge in [0.05, 0.1) is 22.7 Å². The van der Waals surface area contributed by atoms with Crippen molar-refractivity contribution in [3.05, 3.63) is 181 Å². The maximum Gasteiger partial charge on any atom is 0.159 e. The highest BCUT2D eigenvalue weighted by Crippen LogP contribution is 2.51. The highest BCUT2D eigenvalue weighted by atomic mass is 16.3. The van der Waals surface area contributed by atoms with Crippen molar-refractivity contribution in [2.45, 2.75) is 13.8 Å². The molecule has 0 aliphatic heterocycles. The number of pyridine rings is 2. The smallest absolute Gasteiger partial charge is 0.159 e. The Morgan fingerprint density at radius 3 is 1.22 bits per heavy atom. The summed E-state index contributed by atoms with van der Waals surface area (Å²) in [6.45, 7) is 4.42. The van der Waals surface area contributed by atoms with Gasteiger partial charge in [-0.15, -0.1) is 0 Å². The Labute approximate surface area is 333 Å². The van der Waals surface area contributed by atoms with Gasteiger partial charge >= 0.3 is 0 Å². The molecule has 6 heteroatoms. The van der Waals surface area contributed by atoms with Crippen LogP contribution in [0.4, 0.5) is 34.4 Å². The van der Waals surface area contributed by atoms with E-state index in [0.29, 0.717) is 0 Å². The van der Waals surface area contributed by atoms with E-state index in [0.717, 1.165) is 89.0 Å². The van der Waals surface area contributed by atoms with Gasteiger partial charge in [0.15, 0.2) is 11.2 Å². The SMILES string of the molecule is Cc1cc(N(c2ccccn2)c2cccc3c2oc2ccccc23)c2ccc3c(C)cc(N(c4ccccn4)c4cccc5c4oc4ccccc45)c4ccc1c2c34. The van der Waals surface area contributed by atoms with Crippen LogP contribution in [-0.4, -0.2) is 9.97 Å². The monoisotopic (exact) mass is 746 g/mol. The number of furan rings is 2. The van der Waals surface area contributed by atoms with Gasteiger partial charge in [0, 0.05) is 44.7 Å². The minimum Gasteiger partial charge on any atom is -0.454 e. The van der Waals surface area contributed by atoms with Gasteiger partial charge in [-0.05, 0) is 107 Å². The molecule has 274 valence electrons. The standard InChI is InChI=1S/C52H34N4O2/c1-31-29-43(55(47-21-7-9-27-53-47)41-17-11-15-37-35-13-3-5-19-45(35)57-51(37)41)39-26-24-34-32(2)30-44(40-25-23-33(31)49(39)50(34)40)56(48-22-8-10-28-54-48)42-18-12-16-38-36-14-4-6-20-46(36)58-52(38)42/h3-30H,1-2H3. The Morgan fingerprint density at radius 2 is 0.776 bits per heavy atom. The molecule has 0 spiro atoms. The first-order valence-electron chi connectivity index (χ1n) is 19.6. The van der Waals surface area contributed by atoms with Crippen LogP contribution in [0.3, 0.4) is 0 Å². The quantitative estimate of drug-likeness (QED) is 0.158. The van der Waals surface area contributed by atoms with E-state index in [1.807, 2.05) is 60.9 Å². The molecule has 8 aromatic carbocycles. The Hall–Kier alpha value is -7.70. The van der Waals surface area contributed by atoms with Crippen LogP contribution in [0.15, 0.2) is 179 Å². The second kappa shape index (κ2) is 12.4. The third kappa shape index (κ3) is 4.66. The number of hydrogen-bond acceptors (Lipinski definition) is 6. The fourth-order valence-corrected chi connectivity index (χ4v) is 9.21. The Morgan fingerprint density at radius 1 is 0.362 bits per heavy atom. The van der Waals surface area contributed by atoms with Gasteiger partial charge in [0.25, 0.3) is 0 Å². The Bertz CT molecular complexity index is 3320. The minimum absolute atomic E-state index is 0.807. The molecule has 0 fully saturated rings. The molecule has 12 aromatic rings. The molecule has 0 saturated carbocycles. The summed E-state index contributed by atoms with van der Waals surface area (Å²) < 4.78 is 13.3. The molecule has 0 aliphatic carbocycles. The van der Waals surface area contributed by atoms with Crippen LogP contribution in [0.1, 0.15) is 11.1 Å². The van der Waals surface area contributed by atoms with Crippen LogP contribution < -0.4 is 9.80 Å². The number of rotatable bonds is 6. The van der Waals surface area contributed by atoms with Crippen molar-refractivity contribution in [3.8, 4) is 0 Å². The lowest BCUT2D eigenvalue weighted by Gasteiger charge is -2.29. The van der Waals surface area contributed by atoms with Crippen LogP contribution in [0.5, 0.6) is 0 Å². The zero-order valence-electron chi connectivity index (χ0n) is 31.8. The summed E-state index contributed by atoms with van der Waals surface area (Å²) in [6.07, 6.45) is 3.71. The average Bonchev–Trinajstić information content (AvgIpc) is 3.85. The van der Waals surface area contributed by atoms with E-state index in [-0.39, 0.29) is 0 Å². The van der Waals surface area contributed by atoms with Gasteiger partial charge in [0.1, 0.15) is 22.8 Å². The van der Waals surface area contributed by atoms with E-state index in [4.69, 9.17) is 18.8 Å². The molecule has 0 amide bonds. The van der Waals surface area contributed by atoms with E-state index in [1.54, 1.807) is 0 Å². The molecular formula is C52H34N4O2. The highest BCUT2D eigenvalue weighted by Gasteiger charge is 2.27. The molecule has 58 heavy (non-hydrogen) atoms. The first-order chi connectivity index (χ1) is 28.6. The van der Waals surface area contributed by atoms with E-state index < -0.39 is 0 Å². The summed E-state index contributed by atoms with van der Waals surface area (Å²) in [5, 5.41) is 11.4. The molecule has 6 nitrogen and oxygen atoms in total. The molecule has 0 radical (unpaired) electrons. The zero-order chi connectivity index (χ0) is 38.5. The maximum absolute atomic E-state index is 6.67. The van der Waals surface area contributed by atoms with Crippen molar-refractivity contribution in [2.24, 2.45) is 0 Å². The molecule has 0 atom stereocenters. The molecule has 0 saturated heterocycles. The molecule has 0 unspecified atom stereocenters. The largest absolute Gasteiger partial charge is 0.454 e. The third-order valence-corrected chi connectivity index (χ3v) is 11.8. The Kier molecular flexibility index (Phi) is 6.96. The fraction of sp³-hybridized carbons (Fsp3) is 0.0385. The number of benzene rings is 8. The van der Waals surface area contributed by atoms with Gasteiger partial charge in [0.2, 0.25) is 0 Å². The predicted octanol–water partition coefficient (Wildman–Crippen LogP) is 14.7. The van der Waals surface area contributed by atoms with Gasteiger partial charge in [-0.3, -0.25) is 9.80 Å². The molecule has 4 aromatic heterocycles. The minimum atomic E-state index is 0.807. The van der Waals surface area contributed by atoms with Gasteiger partial charge in [-0.2, -0.15) is 0 Å². The lowest BCUT2D eigenvalue weighted by Crippen LogP contribution is -2.13. The van der Waals surface area contributed by atoms with Crippen LogP contribution in [0, 0.1) is 13.8 Å². The van der Waals surface area contributed by atoms with Crippen molar-refractivity contribution < 1.29 is 8.83 Å². The summed E-state index contributed by atoms with van der Waals surface area (Å²) in [4.78, 5) is 14.4. The lowest BCUT2D eigenvalue weighted by molar-refractivity contribution is 0.668. The number of hydrogen-bond donors (Lipinski definition) is 0. The number of anilines is 6. The van der Waals surface area contributed by atoms with Crippen molar-refractivity contribution in [3.63, 3.8) is 0 Å². The Balaban J connectivity index is 1.17. The number of para-hydroxylation sites is 4. The first kappa shape index (κ1) is 32.5. The van der Waals surface area contributed by atoms with Crippen LogP contribution in [0.25, 0.3) is 76.2 Å². The first-order valence-corrected chi connectivity index (χ1v) is 19.6. The molecule has 0 aliphatic rings. The number of aromatic nitrogens is 2. The number of fused-ring (bicyclic) bond motifs is 6. The van der Waals surface area contributed by atoms with Crippen molar-refractivity contribution in [2.75, 3.05) is 9.80 Å². The van der Waals surface area contributed by atoms with E-state index >= 15 is 0 Å². The van der Waals surface area contributed by atoms with Gasteiger partial charge in [-0.1, -0.05) is 97.1 Å². The van der Waals surface area contributed by atoms with Crippen LogP contribution in [0.2, 0.25) is 0 Å². The summed E-state index contributed by atoms with van der Waals surface area (Å²) in [6, 6.07) is 55.1. The third-order valence-electron chi connectivity index (χ3n) is 11.8. The predicted molar refractivity (Wildman–Crippen MR) is 239 cm³/mol. The number of nitrogens with zero attached hydrogens (tertiary/aromatic N) is 4. The molecule has 0 N–H and O–H groups in total. The summed E-state index contributed by atoms with van der Waals surface area (Å²) >= 11 is 0. The lowest BCUT2D eigenvalue weighted by atomic mass is 9.88. The molecule has 4 heterocycles. The zero-order valence-corrected chi connectivity index (χ0v) is 31.8. The topological polar surface area (TPSA) is 58.5 Å². The molecule has 0 bridgehead atoms. The normalized spacial score (nSPS) is 12.0. The maximum atomic E-state index is 6.67. The second-order valence-electron chi connectivity index (χ2n) is 15.0. The van der Waals surface area contributed by atoms with Crippen molar-refractivity contribution >= 4 is 111 Å². The molecular weight excluding hydrogens is 713 g/mol. The van der Waals surface area contributed by atoms with Crippen LogP contribution >= 0.6 is 0 Å². The van der Waals surface area contributed by atoms with E-state index in [2.05, 4.69) is 133 Å². The van der Waals surface area contributed by atoms with Crippen molar-refractivity contribution in [1.29, 1.82) is 0 Å². The fourth-order valence-electron chi connectivity index (χ4n) is 9.21. The van der Waals surface area contributed by atoms with Crippen molar-refractivity contribution in [1.82, 2.24) is 9.97 Å². The second-order valence-corrected chi connectivity index (χ2v) is 15.0. The average molecular weight is 747 g/mol. The van der Waals surface area contributed by atoms with E-state index in [1.165, 1.54) is 32.7 Å². The number of aryl methyl sites for hydroxylation is 2. The summed E-state index contributed by atoms with van der Waals surface area (Å²) in [7, 11) is 0. The highest BCUT2D eigenvalue weighted by molar-refractivity contribution is 6.29. The summed E-state index contributed by atoms with van der Waals surface area (Å²) in [5.74, 6) is 1.61.